The Morgan fingerprint density at radius 1 is 1.67 bits per heavy atom. The van der Waals surface area contributed by atoms with Crippen molar-refractivity contribution in [1.82, 2.24) is 4.98 Å². The Morgan fingerprint density at radius 2 is 2.50 bits per heavy atom. The molecule has 64 valence electrons. The second kappa shape index (κ2) is 4.77. The Bertz CT molecular complexity index is 250. The van der Waals surface area contributed by atoms with Crippen LogP contribution in [0.4, 0.5) is 4.79 Å². The van der Waals surface area contributed by atoms with E-state index in [4.69, 9.17) is 4.74 Å². The highest BCUT2D eigenvalue weighted by molar-refractivity contribution is 8.13. The monoisotopic (exact) mass is 183 g/mol. The number of thioether (sulfide) groups is 1. The lowest BCUT2D eigenvalue weighted by Gasteiger charge is -1.98. The van der Waals surface area contributed by atoms with Crippen molar-refractivity contribution < 1.29 is 9.53 Å². The van der Waals surface area contributed by atoms with Crippen LogP contribution in [0.15, 0.2) is 29.4 Å². The summed E-state index contributed by atoms with van der Waals surface area (Å²) in [5, 5.41) is 0.354. The molecule has 1 rings (SSSR count). The maximum absolute atomic E-state index is 10.9. The molecule has 0 radical (unpaired) electrons. The number of nitrogens with zero attached hydrogens (tertiary/aromatic N) is 1. The maximum Gasteiger partial charge on any atom is 0.373 e. The Balaban J connectivity index is 2.47. The molecule has 0 bridgehead atoms. The van der Waals surface area contributed by atoms with Crippen molar-refractivity contribution in [2.45, 2.75) is 11.9 Å². The topological polar surface area (TPSA) is 39.2 Å². The molecule has 0 amide bonds. The zero-order valence-corrected chi connectivity index (χ0v) is 7.50. The molecular weight excluding hydrogens is 174 g/mol. The quantitative estimate of drug-likeness (QED) is 0.521. The number of rotatable bonds is 2. The van der Waals surface area contributed by atoms with Crippen LogP contribution in [0.2, 0.25) is 0 Å². The van der Waals surface area contributed by atoms with Crippen LogP contribution in [0.25, 0.3) is 0 Å². The molecule has 0 saturated heterocycles. The van der Waals surface area contributed by atoms with Crippen molar-refractivity contribution >= 4 is 17.1 Å². The molecule has 4 heteroatoms. The van der Waals surface area contributed by atoms with Gasteiger partial charge in [-0.15, -0.1) is 0 Å². The molecule has 1 aromatic heterocycles. The average molecular weight is 183 g/mol. The Labute approximate surface area is 75.1 Å². The molecule has 0 unspecified atom stereocenters. The zero-order valence-electron chi connectivity index (χ0n) is 6.69. The molecule has 0 aliphatic heterocycles. The summed E-state index contributed by atoms with van der Waals surface area (Å²) in [7, 11) is 0. The molecule has 0 spiro atoms. The van der Waals surface area contributed by atoms with E-state index in [1.54, 1.807) is 25.3 Å². The van der Waals surface area contributed by atoms with Crippen molar-refractivity contribution in [2.75, 3.05) is 6.61 Å². The number of carbonyl (C=O) groups excluding carboxylic acids is 1. The van der Waals surface area contributed by atoms with E-state index in [-0.39, 0.29) is 5.30 Å². The number of carbonyl (C=O) groups is 1. The van der Waals surface area contributed by atoms with Gasteiger partial charge in [0.1, 0.15) is 5.03 Å². The Hall–Kier alpha value is -1.03. The van der Waals surface area contributed by atoms with Gasteiger partial charge in [-0.1, -0.05) is 6.07 Å². The summed E-state index contributed by atoms with van der Waals surface area (Å²) in [6, 6.07) is 5.39. The third-order valence-electron chi connectivity index (χ3n) is 1.09. The normalized spacial score (nSPS) is 9.42. The lowest BCUT2D eigenvalue weighted by atomic mass is 10.5. The number of hydrogen-bond donors (Lipinski definition) is 0. The first-order valence-electron chi connectivity index (χ1n) is 3.58. The van der Waals surface area contributed by atoms with Crippen molar-refractivity contribution in [3.05, 3.63) is 24.4 Å². The summed E-state index contributed by atoms with van der Waals surface area (Å²) >= 11 is 0.996. The molecule has 0 atom stereocenters. The molecule has 0 N–H and O–H groups in total. The minimum Gasteiger partial charge on any atom is -0.458 e. The first-order valence-corrected chi connectivity index (χ1v) is 4.40. The predicted octanol–water partition coefficient (Wildman–Crippen LogP) is 2.33. The lowest BCUT2D eigenvalue weighted by Crippen LogP contribution is -1.96. The fraction of sp³-hybridized carbons (Fsp3) is 0.250. The van der Waals surface area contributed by atoms with Gasteiger partial charge in [0, 0.05) is 18.0 Å². The van der Waals surface area contributed by atoms with Crippen molar-refractivity contribution in [1.29, 1.82) is 0 Å². The van der Waals surface area contributed by atoms with E-state index in [2.05, 4.69) is 4.98 Å². The summed E-state index contributed by atoms with van der Waals surface area (Å²) in [5.41, 5.74) is 0. The van der Waals surface area contributed by atoms with Crippen LogP contribution in [-0.2, 0) is 4.74 Å². The summed E-state index contributed by atoms with van der Waals surface area (Å²) in [6.07, 6.45) is 1.64. The second-order valence-electron chi connectivity index (χ2n) is 1.95. The lowest BCUT2D eigenvalue weighted by molar-refractivity contribution is 0.181. The molecule has 0 aliphatic rings. The standard InChI is InChI=1S/C8H9NO2S/c1-2-11-8(10)12-7-5-3-4-6-9-7/h3-6H,2H2,1H3. The highest BCUT2D eigenvalue weighted by Gasteiger charge is 2.04. The highest BCUT2D eigenvalue weighted by atomic mass is 32.2. The third-order valence-corrected chi connectivity index (χ3v) is 1.82. The number of ether oxygens (including phenoxy) is 1. The second-order valence-corrected chi connectivity index (χ2v) is 2.91. The van der Waals surface area contributed by atoms with Crippen LogP contribution in [0.3, 0.4) is 0 Å². The van der Waals surface area contributed by atoms with Gasteiger partial charge in [-0.25, -0.2) is 9.78 Å². The molecule has 0 saturated carbocycles. The van der Waals surface area contributed by atoms with Crippen LogP contribution in [-0.4, -0.2) is 16.9 Å². The van der Waals surface area contributed by atoms with Gasteiger partial charge < -0.3 is 4.74 Å². The van der Waals surface area contributed by atoms with E-state index >= 15 is 0 Å². The maximum atomic E-state index is 10.9. The van der Waals surface area contributed by atoms with Crippen LogP contribution in [0.1, 0.15) is 6.92 Å². The predicted molar refractivity (Wildman–Crippen MR) is 47.1 cm³/mol. The van der Waals surface area contributed by atoms with E-state index in [1.807, 2.05) is 6.07 Å². The van der Waals surface area contributed by atoms with E-state index in [1.165, 1.54) is 0 Å². The van der Waals surface area contributed by atoms with Crippen LogP contribution >= 0.6 is 11.8 Å². The van der Waals surface area contributed by atoms with E-state index in [0.29, 0.717) is 11.6 Å². The van der Waals surface area contributed by atoms with E-state index in [0.717, 1.165) is 11.8 Å². The molecule has 1 aromatic rings. The molecule has 3 nitrogen and oxygen atoms in total. The fourth-order valence-electron chi connectivity index (χ4n) is 0.640. The van der Waals surface area contributed by atoms with Gasteiger partial charge >= 0.3 is 5.30 Å². The summed E-state index contributed by atoms with van der Waals surface area (Å²) in [6.45, 7) is 2.18. The molecule has 1 heterocycles. The smallest absolute Gasteiger partial charge is 0.373 e. The minimum atomic E-state index is -0.309. The Kier molecular flexibility index (Phi) is 3.60. The molecule has 0 fully saturated rings. The van der Waals surface area contributed by atoms with Gasteiger partial charge in [-0.3, -0.25) is 0 Å². The van der Waals surface area contributed by atoms with Crippen LogP contribution < -0.4 is 0 Å². The van der Waals surface area contributed by atoms with Gasteiger partial charge in [0.2, 0.25) is 0 Å². The van der Waals surface area contributed by atoms with Gasteiger partial charge in [-0.2, -0.15) is 0 Å². The van der Waals surface area contributed by atoms with Gasteiger partial charge in [0.05, 0.1) is 6.61 Å². The number of pyridine rings is 1. The Morgan fingerprint density at radius 3 is 3.08 bits per heavy atom. The first-order chi connectivity index (χ1) is 5.83. The van der Waals surface area contributed by atoms with Crippen molar-refractivity contribution in [3.8, 4) is 0 Å². The molecule has 0 aliphatic carbocycles. The van der Waals surface area contributed by atoms with Crippen LogP contribution in [0.5, 0.6) is 0 Å². The molecule has 0 aromatic carbocycles. The summed E-state index contributed by atoms with van der Waals surface area (Å²) in [4.78, 5) is 14.9. The first kappa shape index (κ1) is 9.06. The SMILES string of the molecule is CCOC(=O)Sc1ccccn1. The third kappa shape index (κ3) is 2.92. The van der Waals surface area contributed by atoms with E-state index < -0.39 is 0 Å². The minimum absolute atomic E-state index is 0.309. The van der Waals surface area contributed by atoms with Crippen molar-refractivity contribution in [3.63, 3.8) is 0 Å². The van der Waals surface area contributed by atoms with Gasteiger partial charge in [-0.05, 0) is 19.1 Å². The molecular formula is C8H9NO2S. The molecule has 12 heavy (non-hydrogen) atoms. The van der Waals surface area contributed by atoms with Crippen LogP contribution in [0, 0.1) is 0 Å². The van der Waals surface area contributed by atoms with Crippen molar-refractivity contribution in [2.24, 2.45) is 0 Å². The largest absolute Gasteiger partial charge is 0.458 e. The zero-order chi connectivity index (χ0) is 8.81. The van der Waals surface area contributed by atoms with Gasteiger partial charge in [0.15, 0.2) is 0 Å². The van der Waals surface area contributed by atoms with Gasteiger partial charge in [0.25, 0.3) is 0 Å². The fourth-order valence-corrected chi connectivity index (χ4v) is 1.25. The van der Waals surface area contributed by atoms with E-state index in [9.17, 15) is 4.79 Å². The summed E-state index contributed by atoms with van der Waals surface area (Å²) < 4.78 is 4.73. The average Bonchev–Trinajstić information content (AvgIpc) is 2.06. The highest BCUT2D eigenvalue weighted by Crippen LogP contribution is 2.16. The summed E-state index contributed by atoms with van der Waals surface area (Å²) in [5.74, 6) is 0. The number of aromatic nitrogens is 1. The number of hydrogen-bond acceptors (Lipinski definition) is 4.